The maximum Gasteiger partial charge on any atom is 0.331 e. The van der Waals surface area contributed by atoms with Gasteiger partial charge in [-0.05, 0) is 11.4 Å². The molecular weight excluding hydrogens is 300 g/mol. The van der Waals surface area contributed by atoms with Gasteiger partial charge in [0.2, 0.25) is 5.91 Å². The first-order valence-corrected chi connectivity index (χ1v) is 6.57. The molecule has 2 N–H and O–H groups in total. The number of carbonyl (C=O) groups excluding carboxylic acids is 1. The summed E-state index contributed by atoms with van der Waals surface area (Å²) in [6.45, 7) is -0.303. The molecule has 1 unspecified atom stereocenters. The number of aromatic nitrogens is 2. The molecule has 9 nitrogen and oxygen atoms in total. The van der Waals surface area contributed by atoms with Crippen LogP contribution in [-0.2, 0) is 16.1 Å². The number of carbonyl (C=O) groups is 2. The third-order valence-electron chi connectivity index (χ3n) is 2.52. The highest BCUT2D eigenvalue weighted by molar-refractivity contribution is 7.10. The largest absolute Gasteiger partial charge is 0.479 e. The Labute approximate surface area is 122 Å². The second kappa shape index (κ2) is 6.13. The molecule has 0 aliphatic heterocycles. The van der Waals surface area contributed by atoms with Gasteiger partial charge in [-0.3, -0.25) is 19.6 Å². The van der Waals surface area contributed by atoms with Crippen LogP contribution in [0.3, 0.4) is 0 Å². The van der Waals surface area contributed by atoms with E-state index in [0.717, 1.165) is 17.1 Å². The second-order valence-electron chi connectivity index (χ2n) is 4.01. The molecule has 2 aromatic rings. The third-order valence-corrected chi connectivity index (χ3v) is 3.45. The molecule has 0 radical (unpaired) electrons. The summed E-state index contributed by atoms with van der Waals surface area (Å²) in [6.07, 6.45) is 2.11. The molecule has 1 atom stereocenters. The average molecular weight is 310 g/mol. The van der Waals surface area contributed by atoms with Gasteiger partial charge in [0.1, 0.15) is 18.9 Å². The molecule has 0 fully saturated rings. The van der Waals surface area contributed by atoms with E-state index in [9.17, 15) is 19.7 Å². The fraction of sp³-hybridized carbons (Fsp3) is 0.182. The highest BCUT2D eigenvalue weighted by Gasteiger charge is 2.23. The van der Waals surface area contributed by atoms with Gasteiger partial charge in [-0.15, -0.1) is 11.3 Å². The van der Waals surface area contributed by atoms with E-state index in [-0.39, 0.29) is 12.2 Å². The first kappa shape index (κ1) is 14.7. The summed E-state index contributed by atoms with van der Waals surface area (Å²) in [4.78, 5) is 33.3. The minimum atomic E-state index is -1.18. The standard InChI is InChI=1S/C11H10N4O5S/c16-9(6-14-5-7(4-12-14)15(19)20)13-10(11(17)18)8-2-1-3-21-8/h1-5,10H,6H2,(H,13,16)(H,17,18). The van der Waals surface area contributed by atoms with Crippen LogP contribution in [-0.4, -0.2) is 31.7 Å². The Bertz CT molecular complexity index is 666. The zero-order chi connectivity index (χ0) is 15.4. The summed E-state index contributed by atoms with van der Waals surface area (Å²) < 4.78 is 1.07. The topological polar surface area (TPSA) is 127 Å². The van der Waals surface area contributed by atoms with Crippen LogP contribution in [0.5, 0.6) is 0 Å². The molecule has 110 valence electrons. The van der Waals surface area contributed by atoms with Gasteiger partial charge in [-0.25, -0.2) is 4.79 Å². The van der Waals surface area contributed by atoms with Gasteiger partial charge in [-0.2, -0.15) is 5.10 Å². The molecule has 10 heteroatoms. The molecule has 0 saturated carbocycles. The SMILES string of the molecule is O=C(Cn1cc([N+](=O)[O-])cn1)NC(C(=O)O)c1cccs1. The summed E-state index contributed by atoms with van der Waals surface area (Å²) in [6, 6.07) is 2.13. The zero-order valence-corrected chi connectivity index (χ0v) is 11.3. The second-order valence-corrected chi connectivity index (χ2v) is 4.99. The Morgan fingerprint density at radius 3 is 2.86 bits per heavy atom. The van der Waals surface area contributed by atoms with Gasteiger partial charge in [0.05, 0.1) is 4.92 Å². The number of carboxylic acids is 1. The van der Waals surface area contributed by atoms with Crippen molar-refractivity contribution in [3.8, 4) is 0 Å². The number of hydrogen-bond donors (Lipinski definition) is 2. The zero-order valence-electron chi connectivity index (χ0n) is 10.5. The number of thiophene rings is 1. The number of carboxylic acid groups (broad SMARTS) is 1. The first-order valence-electron chi connectivity index (χ1n) is 5.70. The molecule has 1 amide bonds. The van der Waals surface area contributed by atoms with Crippen molar-refractivity contribution in [3.05, 3.63) is 44.9 Å². The van der Waals surface area contributed by atoms with Crippen molar-refractivity contribution in [2.45, 2.75) is 12.6 Å². The molecule has 0 aliphatic rings. The van der Waals surface area contributed by atoms with Crippen molar-refractivity contribution in [1.82, 2.24) is 15.1 Å². The minimum Gasteiger partial charge on any atom is -0.479 e. The fourth-order valence-electron chi connectivity index (χ4n) is 1.60. The Hall–Kier alpha value is -2.75. The van der Waals surface area contributed by atoms with Crippen LogP contribution in [0.15, 0.2) is 29.9 Å². The molecule has 0 bridgehead atoms. The molecule has 21 heavy (non-hydrogen) atoms. The van der Waals surface area contributed by atoms with Crippen LogP contribution >= 0.6 is 11.3 Å². The monoisotopic (exact) mass is 310 g/mol. The molecule has 2 rings (SSSR count). The summed E-state index contributed by atoms with van der Waals surface area (Å²) in [5, 5.41) is 27.3. The molecule has 0 spiro atoms. The lowest BCUT2D eigenvalue weighted by Crippen LogP contribution is -2.35. The predicted molar refractivity (Wildman–Crippen MR) is 71.7 cm³/mol. The van der Waals surface area contributed by atoms with Gasteiger partial charge >= 0.3 is 11.7 Å². The van der Waals surface area contributed by atoms with Crippen molar-refractivity contribution in [2.75, 3.05) is 0 Å². The first-order chi connectivity index (χ1) is 9.97. The molecule has 0 aromatic carbocycles. The number of amides is 1. The lowest BCUT2D eigenvalue weighted by atomic mass is 10.2. The number of hydrogen-bond acceptors (Lipinski definition) is 6. The summed E-state index contributed by atoms with van der Waals surface area (Å²) >= 11 is 1.21. The number of aliphatic carboxylic acids is 1. The molecule has 2 heterocycles. The molecule has 0 saturated heterocycles. The summed E-state index contributed by atoms with van der Waals surface area (Å²) in [5.74, 6) is -1.79. The van der Waals surface area contributed by atoms with Crippen LogP contribution in [0.1, 0.15) is 10.9 Å². The number of rotatable bonds is 6. The van der Waals surface area contributed by atoms with E-state index >= 15 is 0 Å². The van der Waals surface area contributed by atoms with Crippen molar-refractivity contribution < 1.29 is 19.6 Å². The van der Waals surface area contributed by atoms with Crippen LogP contribution in [0.25, 0.3) is 0 Å². The average Bonchev–Trinajstić information content (AvgIpc) is 3.06. The third kappa shape index (κ3) is 3.63. The Balaban J connectivity index is 2.02. The van der Waals surface area contributed by atoms with Crippen molar-refractivity contribution >= 4 is 28.9 Å². The number of nitro groups is 1. The maximum absolute atomic E-state index is 11.8. The number of nitrogens with zero attached hydrogens (tertiary/aromatic N) is 3. The quantitative estimate of drug-likeness (QED) is 0.600. The minimum absolute atomic E-state index is 0.240. The van der Waals surface area contributed by atoms with Crippen LogP contribution in [0, 0.1) is 10.1 Å². The molecule has 0 aliphatic carbocycles. The van der Waals surface area contributed by atoms with Gasteiger partial charge in [-0.1, -0.05) is 6.07 Å². The lowest BCUT2D eigenvalue weighted by molar-refractivity contribution is -0.385. The lowest BCUT2D eigenvalue weighted by Gasteiger charge is -2.12. The highest BCUT2D eigenvalue weighted by atomic mass is 32.1. The van der Waals surface area contributed by atoms with E-state index < -0.39 is 22.8 Å². The van der Waals surface area contributed by atoms with E-state index in [0.29, 0.717) is 4.88 Å². The molecular formula is C11H10N4O5S. The van der Waals surface area contributed by atoms with Gasteiger partial charge in [0, 0.05) is 4.88 Å². The van der Waals surface area contributed by atoms with Gasteiger partial charge in [0.15, 0.2) is 6.04 Å². The van der Waals surface area contributed by atoms with E-state index in [4.69, 9.17) is 5.11 Å². The van der Waals surface area contributed by atoms with Crippen molar-refractivity contribution in [2.24, 2.45) is 0 Å². The van der Waals surface area contributed by atoms with Gasteiger partial charge in [0.25, 0.3) is 0 Å². The fourth-order valence-corrected chi connectivity index (χ4v) is 2.36. The summed E-state index contributed by atoms with van der Waals surface area (Å²) in [5.41, 5.74) is -0.240. The van der Waals surface area contributed by atoms with Crippen LogP contribution < -0.4 is 5.32 Å². The van der Waals surface area contributed by atoms with Crippen molar-refractivity contribution in [3.63, 3.8) is 0 Å². The number of nitrogens with one attached hydrogen (secondary N) is 1. The highest BCUT2D eigenvalue weighted by Crippen LogP contribution is 2.19. The van der Waals surface area contributed by atoms with E-state index in [2.05, 4.69) is 10.4 Å². The van der Waals surface area contributed by atoms with E-state index in [1.165, 1.54) is 11.3 Å². The Kier molecular flexibility index (Phi) is 4.28. The van der Waals surface area contributed by atoms with Gasteiger partial charge < -0.3 is 10.4 Å². The van der Waals surface area contributed by atoms with Crippen LogP contribution in [0.4, 0.5) is 5.69 Å². The predicted octanol–water partition coefficient (Wildman–Crippen LogP) is 0.795. The Morgan fingerprint density at radius 2 is 2.33 bits per heavy atom. The van der Waals surface area contributed by atoms with E-state index in [1.54, 1.807) is 17.5 Å². The summed E-state index contributed by atoms with van der Waals surface area (Å²) in [7, 11) is 0. The smallest absolute Gasteiger partial charge is 0.331 e. The van der Waals surface area contributed by atoms with Crippen LogP contribution in [0.2, 0.25) is 0 Å². The van der Waals surface area contributed by atoms with Crippen molar-refractivity contribution in [1.29, 1.82) is 0 Å². The molecule has 2 aromatic heterocycles. The normalized spacial score (nSPS) is 11.8. The Morgan fingerprint density at radius 1 is 1.57 bits per heavy atom. The van der Waals surface area contributed by atoms with E-state index in [1.807, 2.05) is 0 Å². The maximum atomic E-state index is 11.8.